The number of rotatable bonds is 5. The number of thiocarbonyl (C=S) groups is 1. The summed E-state index contributed by atoms with van der Waals surface area (Å²) in [7, 11) is 0. The van der Waals surface area contributed by atoms with Crippen LogP contribution in [0.2, 0.25) is 0 Å². The lowest BCUT2D eigenvalue weighted by atomic mass is 10.1. The molecule has 140 valence electrons. The van der Waals surface area contributed by atoms with Gasteiger partial charge in [0, 0.05) is 5.56 Å². The van der Waals surface area contributed by atoms with Crippen LogP contribution < -0.4 is 26.8 Å². The van der Waals surface area contributed by atoms with E-state index in [1.807, 2.05) is 13.8 Å². The Labute approximate surface area is 160 Å². The maximum absolute atomic E-state index is 11.5. The summed E-state index contributed by atoms with van der Waals surface area (Å²) >= 11 is 5.37. The summed E-state index contributed by atoms with van der Waals surface area (Å²) in [5, 5.41) is 6.31. The van der Waals surface area contributed by atoms with Crippen LogP contribution in [0.5, 0.6) is 5.75 Å². The maximum atomic E-state index is 11.5. The lowest BCUT2D eigenvalue weighted by molar-refractivity contribution is 0.100. The molecule has 0 unspecified atom stereocenters. The van der Waals surface area contributed by atoms with Gasteiger partial charge in [0.15, 0.2) is 5.11 Å². The van der Waals surface area contributed by atoms with Crippen LogP contribution in [0.4, 0.5) is 11.4 Å². The fourth-order valence-corrected chi connectivity index (χ4v) is 2.80. The third-order valence-corrected chi connectivity index (χ3v) is 3.88. The zero-order chi connectivity index (χ0) is 19.6. The molecular weight excluding hydrogens is 366 g/mol. The first-order chi connectivity index (χ1) is 12.8. The summed E-state index contributed by atoms with van der Waals surface area (Å²) in [6, 6.07) is 10.2. The van der Waals surface area contributed by atoms with Crippen molar-refractivity contribution in [3.8, 4) is 5.75 Å². The van der Waals surface area contributed by atoms with Gasteiger partial charge in [0.05, 0.1) is 28.5 Å². The fourth-order valence-electron chi connectivity index (χ4n) is 2.58. The zero-order valence-electron chi connectivity index (χ0n) is 14.8. The molecule has 3 rings (SSSR count). The van der Waals surface area contributed by atoms with Crippen LogP contribution in [0.25, 0.3) is 11.0 Å². The summed E-state index contributed by atoms with van der Waals surface area (Å²) < 4.78 is 5.75. The summed E-state index contributed by atoms with van der Waals surface area (Å²) in [5.74, 6) is -0.0184. The van der Waals surface area contributed by atoms with E-state index in [-0.39, 0.29) is 16.9 Å². The maximum Gasteiger partial charge on any atom is 0.323 e. The summed E-state index contributed by atoms with van der Waals surface area (Å²) in [5.41, 5.74) is 7.78. The quantitative estimate of drug-likeness (QED) is 0.430. The molecule has 27 heavy (non-hydrogen) atoms. The third-order valence-electron chi connectivity index (χ3n) is 3.67. The molecule has 6 N–H and O–H groups in total. The highest BCUT2D eigenvalue weighted by Crippen LogP contribution is 2.27. The average molecular weight is 385 g/mol. The van der Waals surface area contributed by atoms with E-state index < -0.39 is 5.91 Å². The molecule has 3 aromatic rings. The second kappa shape index (κ2) is 7.50. The second-order valence-corrected chi connectivity index (χ2v) is 6.54. The molecule has 9 heteroatoms. The van der Waals surface area contributed by atoms with Gasteiger partial charge in [-0.1, -0.05) is 6.07 Å². The van der Waals surface area contributed by atoms with Crippen molar-refractivity contribution in [2.45, 2.75) is 20.0 Å². The molecule has 2 aromatic carbocycles. The van der Waals surface area contributed by atoms with Crippen LogP contribution in [0.1, 0.15) is 24.2 Å². The van der Waals surface area contributed by atoms with E-state index in [2.05, 4.69) is 20.6 Å². The van der Waals surface area contributed by atoms with Gasteiger partial charge in [-0.25, -0.2) is 4.79 Å². The largest absolute Gasteiger partial charge is 0.489 e. The predicted octanol–water partition coefficient (Wildman–Crippen LogP) is 2.55. The van der Waals surface area contributed by atoms with Crippen molar-refractivity contribution in [3.05, 3.63) is 52.4 Å². The van der Waals surface area contributed by atoms with Crippen molar-refractivity contribution in [3.63, 3.8) is 0 Å². The van der Waals surface area contributed by atoms with Crippen molar-refractivity contribution in [2.24, 2.45) is 5.73 Å². The summed E-state index contributed by atoms with van der Waals surface area (Å²) in [6.07, 6.45) is -0.0646. The lowest BCUT2D eigenvalue weighted by Gasteiger charge is -2.17. The number of aromatic nitrogens is 2. The standard InChI is InChI=1S/C18H19N5O3S/c1-9(2)26-14-7-6-10(16(19)24)8-13(14)22-18(27)21-12-5-3-4-11-15(12)23-17(25)20-11/h3-9H,1-2H3,(H2,19,24)(H2,20,23,25)(H2,21,22,27). The van der Waals surface area contributed by atoms with Crippen molar-refractivity contribution in [1.29, 1.82) is 0 Å². The van der Waals surface area contributed by atoms with Crippen LogP contribution in [-0.4, -0.2) is 27.1 Å². The SMILES string of the molecule is CC(C)Oc1ccc(C(N)=O)cc1NC(=S)Nc1cccc2[nH]c(=O)[nH]c12. The molecule has 1 amide bonds. The van der Waals surface area contributed by atoms with Gasteiger partial charge in [-0.3, -0.25) is 4.79 Å². The number of fused-ring (bicyclic) bond motifs is 1. The van der Waals surface area contributed by atoms with Gasteiger partial charge in [0.1, 0.15) is 5.75 Å². The van der Waals surface area contributed by atoms with Crippen LogP contribution in [0.3, 0.4) is 0 Å². The molecule has 0 fully saturated rings. The highest BCUT2D eigenvalue weighted by Gasteiger charge is 2.12. The Hall–Kier alpha value is -3.33. The van der Waals surface area contributed by atoms with E-state index in [9.17, 15) is 9.59 Å². The van der Waals surface area contributed by atoms with E-state index in [1.54, 1.807) is 36.4 Å². The number of anilines is 2. The van der Waals surface area contributed by atoms with Crippen LogP contribution in [0.15, 0.2) is 41.2 Å². The molecule has 0 spiro atoms. The van der Waals surface area contributed by atoms with E-state index >= 15 is 0 Å². The van der Waals surface area contributed by atoms with Crippen molar-refractivity contribution >= 4 is 45.6 Å². The number of carbonyl (C=O) groups excluding carboxylic acids is 1. The number of nitrogens with two attached hydrogens (primary N) is 1. The Morgan fingerprint density at radius 2 is 1.89 bits per heavy atom. The van der Waals surface area contributed by atoms with Gasteiger partial charge in [-0.05, 0) is 56.4 Å². The third kappa shape index (κ3) is 4.26. The first-order valence-electron chi connectivity index (χ1n) is 8.23. The number of carbonyl (C=O) groups is 1. The Balaban J connectivity index is 1.87. The van der Waals surface area contributed by atoms with Crippen LogP contribution in [0, 0.1) is 0 Å². The molecule has 0 aliphatic rings. The number of hydrogen-bond donors (Lipinski definition) is 5. The minimum Gasteiger partial charge on any atom is -0.489 e. The second-order valence-electron chi connectivity index (χ2n) is 6.13. The fraction of sp³-hybridized carbons (Fsp3) is 0.167. The number of para-hydroxylation sites is 1. The van der Waals surface area contributed by atoms with Crippen LogP contribution in [-0.2, 0) is 0 Å². The van der Waals surface area contributed by atoms with E-state index in [0.29, 0.717) is 33.7 Å². The van der Waals surface area contributed by atoms with Gasteiger partial charge in [-0.2, -0.15) is 0 Å². The Morgan fingerprint density at radius 3 is 2.59 bits per heavy atom. The number of primary amides is 1. The number of ether oxygens (including phenoxy) is 1. The van der Waals surface area contributed by atoms with Gasteiger partial charge >= 0.3 is 5.69 Å². The smallest absolute Gasteiger partial charge is 0.323 e. The summed E-state index contributed by atoms with van der Waals surface area (Å²) in [4.78, 5) is 28.4. The van der Waals surface area contributed by atoms with Gasteiger partial charge < -0.3 is 31.1 Å². The topological polar surface area (TPSA) is 125 Å². The number of H-pyrrole nitrogens is 2. The van der Waals surface area contributed by atoms with Gasteiger partial charge in [0.25, 0.3) is 0 Å². The molecule has 0 radical (unpaired) electrons. The Kier molecular flexibility index (Phi) is 5.13. The number of nitrogens with one attached hydrogen (secondary N) is 4. The number of amides is 1. The number of aromatic amines is 2. The first kappa shape index (κ1) is 18.5. The summed E-state index contributed by atoms with van der Waals surface area (Å²) in [6.45, 7) is 3.79. The number of benzene rings is 2. The van der Waals surface area contributed by atoms with E-state index in [4.69, 9.17) is 22.7 Å². The minimum atomic E-state index is -0.553. The normalized spacial score (nSPS) is 10.8. The lowest BCUT2D eigenvalue weighted by Crippen LogP contribution is -2.21. The average Bonchev–Trinajstić information content (AvgIpc) is 2.97. The van der Waals surface area contributed by atoms with E-state index in [1.165, 1.54) is 0 Å². The van der Waals surface area contributed by atoms with Gasteiger partial charge in [-0.15, -0.1) is 0 Å². The number of imidazole rings is 1. The molecule has 1 heterocycles. The molecule has 8 nitrogen and oxygen atoms in total. The molecule has 1 aromatic heterocycles. The predicted molar refractivity (Wildman–Crippen MR) is 109 cm³/mol. The van der Waals surface area contributed by atoms with Gasteiger partial charge in [0.2, 0.25) is 5.91 Å². The molecule has 0 saturated heterocycles. The van der Waals surface area contributed by atoms with E-state index in [0.717, 1.165) is 0 Å². The molecule has 0 atom stereocenters. The van der Waals surface area contributed by atoms with Crippen molar-refractivity contribution in [2.75, 3.05) is 10.6 Å². The van der Waals surface area contributed by atoms with Crippen molar-refractivity contribution < 1.29 is 9.53 Å². The first-order valence-corrected chi connectivity index (χ1v) is 8.64. The minimum absolute atomic E-state index is 0.0646. The highest BCUT2D eigenvalue weighted by atomic mass is 32.1. The van der Waals surface area contributed by atoms with Crippen LogP contribution >= 0.6 is 12.2 Å². The molecule has 0 aliphatic heterocycles. The highest BCUT2D eigenvalue weighted by molar-refractivity contribution is 7.80. The Morgan fingerprint density at radius 1 is 1.15 bits per heavy atom. The number of hydrogen-bond acceptors (Lipinski definition) is 4. The molecule has 0 saturated carbocycles. The zero-order valence-corrected chi connectivity index (χ0v) is 15.6. The molecule has 0 aliphatic carbocycles. The monoisotopic (exact) mass is 385 g/mol. The van der Waals surface area contributed by atoms with Crippen molar-refractivity contribution in [1.82, 2.24) is 9.97 Å². The molecule has 0 bridgehead atoms. The molecular formula is C18H19N5O3S. The Bertz CT molecular complexity index is 1070.